The minimum atomic E-state index is -0.274. The van der Waals surface area contributed by atoms with E-state index in [0.29, 0.717) is 0 Å². The fraction of sp³-hybridized carbons (Fsp3) is 0. The fourth-order valence-corrected chi connectivity index (χ4v) is 3.02. The van der Waals surface area contributed by atoms with Crippen molar-refractivity contribution in [3.63, 3.8) is 0 Å². The Kier molecular flexibility index (Phi) is 2.90. The van der Waals surface area contributed by atoms with Gasteiger partial charge in [0.25, 0.3) is 0 Å². The van der Waals surface area contributed by atoms with Crippen LogP contribution in [0.5, 0.6) is 0 Å². The molecule has 0 spiro atoms. The molecular weight excluding hydrogens is 317 g/mol. The van der Waals surface area contributed by atoms with Crippen molar-refractivity contribution in [1.82, 2.24) is 24.7 Å². The van der Waals surface area contributed by atoms with E-state index in [1.165, 1.54) is 12.1 Å². The predicted octanol–water partition coefficient (Wildman–Crippen LogP) is 4.10. The van der Waals surface area contributed by atoms with Gasteiger partial charge < -0.3 is 0 Å². The third-order valence-corrected chi connectivity index (χ3v) is 4.20. The lowest BCUT2D eigenvalue weighted by atomic mass is 10.2. The number of benzene rings is 2. The maximum atomic E-state index is 13.3. The summed E-state index contributed by atoms with van der Waals surface area (Å²) in [6.45, 7) is 0. The van der Waals surface area contributed by atoms with Gasteiger partial charge >= 0.3 is 0 Å². The van der Waals surface area contributed by atoms with Gasteiger partial charge in [0.2, 0.25) is 0 Å². The van der Waals surface area contributed by atoms with Gasteiger partial charge in [0.1, 0.15) is 17.2 Å². The van der Waals surface area contributed by atoms with Crippen molar-refractivity contribution in [3.05, 3.63) is 72.8 Å². The van der Waals surface area contributed by atoms with Crippen LogP contribution in [0, 0.1) is 5.82 Å². The number of nitrogens with one attached hydrogen (secondary N) is 1. The molecular formula is C19H12FN5. The number of aromatic nitrogens is 5. The van der Waals surface area contributed by atoms with E-state index in [9.17, 15) is 4.39 Å². The Morgan fingerprint density at radius 3 is 2.76 bits per heavy atom. The van der Waals surface area contributed by atoms with E-state index in [1.54, 1.807) is 24.5 Å². The Labute approximate surface area is 141 Å². The van der Waals surface area contributed by atoms with Gasteiger partial charge in [0.15, 0.2) is 5.65 Å². The Balaban J connectivity index is 1.83. The van der Waals surface area contributed by atoms with E-state index in [1.807, 2.05) is 34.9 Å². The molecule has 0 radical (unpaired) electrons. The first-order valence-corrected chi connectivity index (χ1v) is 7.82. The van der Waals surface area contributed by atoms with Gasteiger partial charge in [-0.3, -0.25) is 9.67 Å². The highest BCUT2D eigenvalue weighted by Gasteiger charge is 2.15. The van der Waals surface area contributed by atoms with Crippen molar-refractivity contribution in [3.8, 4) is 17.1 Å². The molecule has 0 unspecified atom stereocenters. The number of hydrogen-bond donors (Lipinski definition) is 1. The average Bonchev–Trinajstić information content (AvgIpc) is 3.26. The summed E-state index contributed by atoms with van der Waals surface area (Å²) in [5.41, 5.74) is 4.25. The smallest absolute Gasteiger partial charge is 0.164 e. The summed E-state index contributed by atoms with van der Waals surface area (Å²) in [5, 5.41) is 8.02. The first-order chi connectivity index (χ1) is 12.3. The SMILES string of the molecule is Fc1ccc(-c2nc3cccnc3n2-c2ccc3[nH]ncc3c2)cc1. The van der Waals surface area contributed by atoms with Crippen LogP contribution in [0.3, 0.4) is 0 Å². The van der Waals surface area contributed by atoms with Crippen LogP contribution in [-0.2, 0) is 0 Å². The van der Waals surface area contributed by atoms with Gasteiger partial charge in [-0.25, -0.2) is 14.4 Å². The maximum absolute atomic E-state index is 13.3. The second-order valence-electron chi connectivity index (χ2n) is 5.77. The average molecular weight is 329 g/mol. The number of aromatic amines is 1. The van der Waals surface area contributed by atoms with Crippen LogP contribution in [0.1, 0.15) is 0 Å². The van der Waals surface area contributed by atoms with E-state index in [-0.39, 0.29) is 5.82 Å². The van der Waals surface area contributed by atoms with E-state index >= 15 is 0 Å². The molecule has 0 saturated heterocycles. The summed E-state index contributed by atoms with van der Waals surface area (Å²) in [6.07, 6.45) is 3.52. The summed E-state index contributed by atoms with van der Waals surface area (Å²) in [5.74, 6) is 0.445. The van der Waals surface area contributed by atoms with Crippen LogP contribution in [0.25, 0.3) is 39.1 Å². The molecule has 3 aromatic heterocycles. The second kappa shape index (κ2) is 5.24. The zero-order valence-corrected chi connectivity index (χ0v) is 13.0. The Morgan fingerprint density at radius 2 is 1.88 bits per heavy atom. The lowest BCUT2D eigenvalue weighted by Crippen LogP contribution is -1.98. The number of hydrogen-bond acceptors (Lipinski definition) is 3. The number of fused-ring (bicyclic) bond motifs is 2. The van der Waals surface area contributed by atoms with Gasteiger partial charge in [-0.2, -0.15) is 5.10 Å². The molecule has 120 valence electrons. The monoisotopic (exact) mass is 329 g/mol. The Morgan fingerprint density at radius 1 is 1.00 bits per heavy atom. The topological polar surface area (TPSA) is 59.4 Å². The molecule has 1 N–H and O–H groups in total. The highest BCUT2D eigenvalue weighted by Crippen LogP contribution is 2.28. The van der Waals surface area contributed by atoms with Crippen molar-refractivity contribution < 1.29 is 4.39 Å². The predicted molar refractivity (Wildman–Crippen MR) is 93.9 cm³/mol. The van der Waals surface area contributed by atoms with Crippen molar-refractivity contribution in [1.29, 1.82) is 0 Å². The van der Waals surface area contributed by atoms with Gasteiger partial charge in [0, 0.05) is 22.8 Å². The van der Waals surface area contributed by atoms with Gasteiger partial charge in [-0.15, -0.1) is 0 Å². The summed E-state index contributed by atoms with van der Waals surface area (Å²) in [7, 11) is 0. The van der Waals surface area contributed by atoms with Crippen LogP contribution in [0.15, 0.2) is 67.0 Å². The molecule has 5 aromatic rings. The van der Waals surface area contributed by atoms with E-state index in [4.69, 9.17) is 4.98 Å². The molecule has 25 heavy (non-hydrogen) atoms. The molecule has 5 nitrogen and oxygen atoms in total. The van der Waals surface area contributed by atoms with Crippen molar-refractivity contribution in [2.24, 2.45) is 0 Å². The normalized spacial score (nSPS) is 11.4. The molecule has 2 aromatic carbocycles. The molecule has 0 aliphatic heterocycles. The zero-order valence-electron chi connectivity index (χ0n) is 13.0. The lowest BCUT2D eigenvalue weighted by Gasteiger charge is -2.09. The fourth-order valence-electron chi connectivity index (χ4n) is 3.02. The first-order valence-electron chi connectivity index (χ1n) is 7.82. The third kappa shape index (κ3) is 2.19. The molecule has 0 atom stereocenters. The summed E-state index contributed by atoms with van der Waals surface area (Å²) in [4.78, 5) is 9.20. The highest BCUT2D eigenvalue weighted by atomic mass is 19.1. The lowest BCUT2D eigenvalue weighted by molar-refractivity contribution is 0.628. The van der Waals surface area contributed by atoms with Crippen LogP contribution >= 0.6 is 0 Å². The van der Waals surface area contributed by atoms with Crippen LogP contribution < -0.4 is 0 Å². The number of imidazole rings is 1. The maximum Gasteiger partial charge on any atom is 0.164 e. The standard InChI is InChI=1S/C19H12FN5/c20-14-5-3-12(4-6-14)18-23-17-2-1-9-21-19(17)25(18)15-7-8-16-13(10-15)11-22-24-16/h1-11H,(H,22,24). The minimum absolute atomic E-state index is 0.274. The van der Waals surface area contributed by atoms with E-state index in [0.717, 1.165) is 39.1 Å². The number of H-pyrrole nitrogens is 1. The first kappa shape index (κ1) is 13.9. The Hall–Kier alpha value is -3.54. The zero-order chi connectivity index (χ0) is 16.8. The molecule has 0 amide bonds. The minimum Gasteiger partial charge on any atom is -0.278 e. The second-order valence-corrected chi connectivity index (χ2v) is 5.77. The third-order valence-electron chi connectivity index (χ3n) is 4.20. The molecule has 0 bridgehead atoms. The van der Waals surface area contributed by atoms with Gasteiger partial charge in [-0.1, -0.05) is 0 Å². The van der Waals surface area contributed by atoms with E-state index < -0.39 is 0 Å². The highest BCUT2D eigenvalue weighted by molar-refractivity contribution is 5.84. The van der Waals surface area contributed by atoms with Crippen molar-refractivity contribution >= 4 is 22.1 Å². The van der Waals surface area contributed by atoms with Gasteiger partial charge in [-0.05, 0) is 54.6 Å². The van der Waals surface area contributed by atoms with E-state index in [2.05, 4.69) is 15.2 Å². The van der Waals surface area contributed by atoms with Crippen LogP contribution in [0.4, 0.5) is 4.39 Å². The molecule has 5 rings (SSSR count). The number of halogens is 1. The quantitative estimate of drug-likeness (QED) is 0.530. The summed E-state index contributed by atoms with van der Waals surface area (Å²) < 4.78 is 15.3. The molecule has 6 heteroatoms. The van der Waals surface area contributed by atoms with Crippen molar-refractivity contribution in [2.45, 2.75) is 0 Å². The van der Waals surface area contributed by atoms with Crippen LogP contribution in [-0.4, -0.2) is 24.7 Å². The molecule has 0 fully saturated rings. The largest absolute Gasteiger partial charge is 0.278 e. The summed E-state index contributed by atoms with van der Waals surface area (Å²) in [6, 6.07) is 16.1. The molecule has 0 aliphatic carbocycles. The number of pyridine rings is 1. The summed E-state index contributed by atoms with van der Waals surface area (Å²) >= 11 is 0. The van der Waals surface area contributed by atoms with Gasteiger partial charge in [0.05, 0.1) is 11.7 Å². The van der Waals surface area contributed by atoms with Crippen molar-refractivity contribution in [2.75, 3.05) is 0 Å². The van der Waals surface area contributed by atoms with Crippen LogP contribution in [0.2, 0.25) is 0 Å². The number of rotatable bonds is 2. The number of nitrogens with zero attached hydrogens (tertiary/aromatic N) is 4. The Bertz CT molecular complexity index is 1200. The molecule has 0 saturated carbocycles. The molecule has 0 aliphatic rings. The molecule has 3 heterocycles.